The lowest BCUT2D eigenvalue weighted by Gasteiger charge is -2.10. The number of benzene rings is 2. The average molecular weight is 333 g/mol. The van der Waals surface area contributed by atoms with Crippen LogP contribution in [0.5, 0.6) is 5.75 Å². The predicted octanol–water partition coefficient (Wildman–Crippen LogP) is 3.61. The Bertz CT molecular complexity index is 926. The third kappa shape index (κ3) is 2.98. The molecule has 24 heavy (non-hydrogen) atoms. The number of amides is 1. The van der Waals surface area contributed by atoms with Crippen LogP contribution in [-0.4, -0.2) is 21.2 Å². The molecule has 0 saturated heterocycles. The van der Waals surface area contributed by atoms with Gasteiger partial charge in [0.05, 0.1) is 11.1 Å². The lowest BCUT2D eigenvalue weighted by Crippen LogP contribution is -2.15. The summed E-state index contributed by atoms with van der Waals surface area (Å²) in [6, 6.07) is 10.7. The number of halogens is 3. The lowest BCUT2D eigenvalue weighted by molar-refractivity contribution is -0.137. The van der Waals surface area contributed by atoms with E-state index in [1.54, 1.807) is 24.3 Å². The summed E-state index contributed by atoms with van der Waals surface area (Å²) in [6.07, 6.45) is -4.52. The van der Waals surface area contributed by atoms with Gasteiger partial charge in [0.2, 0.25) is 0 Å². The number of hydrogen-bond acceptors (Lipinski definition) is 4. The first-order chi connectivity index (χ1) is 11.4. The molecule has 0 spiro atoms. The van der Waals surface area contributed by atoms with Crippen LogP contribution < -0.4 is 5.32 Å². The Morgan fingerprint density at radius 1 is 1.04 bits per heavy atom. The SMILES string of the molecule is O=C(Nc1cccc(C(F)(F)F)c1)c1nnc2ccccc2c1O. The number of carbonyl (C=O) groups excluding carboxylic acids is 1. The number of rotatable bonds is 2. The van der Waals surface area contributed by atoms with Crippen molar-refractivity contribution in [3.8, 4) is 5.75 Å². The van der Waals surface area contributed by atoms with Gasteiger partial charge in [0.1, 0.15) is 0 Å². The van der Waals surface area contributed by atoms with E-state index >= 15 is 0 Å². The van der Waals surface area contributed by atoms with Gasteiger partial charge in [-0.2, -0.15) is 13.2 Å². The number of aromatic nitrogens is 2. The van der Waals surface area contributed by atoms with Gasteiger partial charge in [0.25, 0.3) is 5.91 Å². The fourth-order valence-corrected chi connectivity index (χ4v) is 2.16. The zero-order valence-electron chi connectivity index (χ0n) is 12.0. The Balaban J connectivity index is 1.92. The molecule has 0 aliphatic heterocycles. The molecule has 1 heterocycles. The van der Waals surface area contributed by atoms with Gasteiger partial charge in [-0.15, -0.1) is 10.2 Å². The van der Waals surface area contributed by atoms with E-state index in [-0.39, 0.29) is 17.1 Å². The Hall–Kier alpha value is -3.16. The highest BCUT2D eigenvalue weighted by Crippen LogP contribution is 2.31. The van der Waals surface area contributed by atoms with Gasteiger partial charge in [-0.3, -0.25) is 4.79 Å². The maximum Gasteiger partial charge on any atom is 0.416 e. The van der Waals surface area contributed by atoms with Crippen LogP contribution in [0.2, 0.25) is 0 Å². The van der Waals surface area contributed by atoms with Crippen LogP contribution in [0.1, 0.15) is 16.1 Å². The van der Waals surface area contributed by atoms with Gasteiger partial charge in [-0.25, -0.2) is 0 Å². The van der Waals surface area contributed by atoms with Crippen molar-refractivity contribution in [2.24, 2.45) is 0 Å². The van der Waals surface area contributed by atoms with E-state index in [4.69, 9.17) is 0 Å². The summed E-state index contributed by atoms with van der Waals surface area (Å²) in [5, 5.41) is 20.2. The van der Waals surface area contributed by atoms with Crippen molar-refractivity contribution in [2.75, 3.05) is 5.32 Å². The van der Waals surface area contributed by atoms with Crippen LogP contribution in [-0.2, 0) is 6.18 Å². The molecule has 2 aromatic carbocycles. The number of hydrogen-bond donors (Lipinski definition) is 2. The first kappa shape index (κ1) is 15.7. The van der Waals surface area contributed by atoms with Crippen molar-refractivity contribution in [3.63, 3.8) is 0 Å². The van der Waals surface area contributed by atoms with E-state index in [1.807, 2.05) is 0 Å². The van der Waals surface area contributed by atoms with E-state index in [2.05, 4.69) is 15.5 Å². The summed E-state index contributed by atoms with van der Waals surface area (Å²) in [7, 11) is 0. The van der Waals surface area contributed by atoms with Crippen LogP contribution in [0.3, 0.4) is 0 Å². The van der Waals surface area contributed by atoms with Crippen LogP contribution in [0.4, 0.5) is 18.9 Å². The van der Waals surface area contributed by atoms with Crippen LogP contribution in [0.15, 0.2) is 48.5 Å². The van der Waals surface area contributed by atoms with Crippen LogP contribution in [0, 0.1) is 0 Å². The fourth-order valence-electron chi connectivity index (χ4n) is 2.16. The second-order valence-corrected chi connectivity index (χ2v) is 4.95. The van der Waals surface area contributed by atoms with Gasteiger partial charge in [0.15, 0.2) is 11.4 Å². The number of nitrogens with one attached hydrogen (secondary N) is 1. The number of alkyl halides is 3. The lowest BCUT2D eigenvalue weighted by atomic mass is 10.1. The van der Waals surface area contributed by atoms with Gasteiger partial charge in [-0.05, 0) is 30.3 Å². The van der Waals surface area contributed by atoms with Crippen molar-refractivity contribution >= 4 is 22.5 Å². The summed E-state index contributed by atoms with van der Waals surface area (Å²) in [5.74, 6) is -1.24. The summed E-state index contributed by atoms with van der Waals surface area (Å²) in [6.45, 7) is 0. The fraction of sp³-hybridized carbons (Fsp3) is 0.0625. The summed E-state index contributed by atoms with van der Waals surface area (Å²) < 4.78 is 38.1. The monoisotopic (exact) mass is 333 g/mol. The molecule has 0 saturated carbocycles. The third-order valence-corrected chi connectivity index (χ3v) is 3.30. The smallest absolute Gasteiger partial charge is 0.416 e. The van der Waals surface area contributed by atoms with E-state index in [9.17, 15) is 23.1 Å². The average Bonchev–Trinajstić information content (AvgIpc) is 2.55. The minimum Gasteiger partial charge on any atom is -0.505 e. The molecular weight excluding hydrogens is 323 g/mol. The number of carbonyl (C=O) groups is 1. The van der Waals surface area contributed by atoms with Crippen molar-refractivity contribution in [1.29, 1.82) is 0 Å². The van der Waals surface area contributed by atoms with Gasteiger partial charge in [-0.1, -0.05) is 18.2 Å². The Labute approximate surface area is 133 Å². The molecular formula is C16H10F3N3O2. The number of nitrogens with zero attached hydrogens (tertiary/aromatic N) is 2. The third-order valence-electron chi connectivity index (χ3n) is 3.30. The van der Waals surface area contributed by atoms with Gasteiger partial charge in [0, 0.05) is 11.1 Å². The second-order valence-electron chi connectivity index (χ2n) is 4.95. The molecule has 2 N–H and O–H groups in total. The quantitative estimate of drug-likeness (QED) is 0.751. The Morgan fingerprint density at radius 2 is 1.79 bits per heavy atom. The molecule has 3 rings (SSSR count). The molecule has 5 nitrogen and oxygen atoms in total. The van der Waals surface area contributed by atoms with Crippen LogP contribution in [0.25, 0.3) is 10.9 Å². The van der Waals surface area contributed by atoms with Gasteiger partial charge >= 0.3 is 6.18 Å². The first-order valence-electron chi connectivity index (χ1n) is 6.79. The number of anilines is 1. The molecule has 0 atom stereocenters. The predicted molar refractivity (Wildman–Crippen MR) is 80.6 cm³/mol. The van der Waals surface area contributed by atoms with Crippen molar-refractivity contribution in [1.82, 2.24) is 10.2 Å². The van der Waals surface area contributed by atoms with Crippen molar-refractivity contribution in [2.45, 2.75) is 6.18 Å². The first-order valence-corrected chi connectivity index (χ1v) is 6.79. The molecule has 8 heteroatoms. The maximum absolute atomic E-state index is 12.7. The molecule has 0 fully saturated rings. The molecule has 1 aromatic heterocycles. The zero-order chi connectivity index (χ0) is 17.3. The zero-order valence-corrected chi connectivity index (χ0v) is 12.0. The minimum absolute atomic E-state index is 0.0656. The van der Waals surface area contributed by atoms with Crippen LogP contribution >= 0.6 is 0 Å². The maximum atomic E-state index is 12.7. The molecule has 122 valence electrons. The summed E-state index contributed by atoms with van der Waals surface area (Å²) in [4.78, 5) is 12.2. The standard InChI is InChI=1S/C16H10F3N3O2/c17-16(18,19)9-4-3-5-10(8-9)20-15(24)13-14(23)11-6-1-2-7-12(11)21-22-13/h1-8H,(H,20,24)(H,21,23). The number of aromatic hydroxyl groups is 1. The minimum atomic E-state index is -4.52. The molecule has 0 radical (unpaired) electrons. The second kappa shape index (κ2) is 5.80. The van der Waals surface area contributed by atoms with E-state index in [1.165, 1.54) is 12.1 Å². The van der Waals surface area contributed by atoms with E-state index in [0.717, 1.165) is 12.1 Å². The molecule has 0 aliphatic carbocycles. The topological polar surface area (TPSA) is 75.1 Å². The molecule has 3 aromatic rings. The Kier molecular flexibility index (Phi) is 3.80. The van der Waals surface area contributed by atoms with E-state index < -0.39 is 17.6 Å². The summed E-state index contributed by atoms with van der Waals surface area (Å²) in [5.41, 5.74) is -0.935. The molecule has 1 amide bonds. The van der Waals surface area contributed by atoms with Gasteiger partial charge < -0.3 is 10.4 Å². The highest BCUT2D eigenvalue weighted by molar-refractivity contribution is 6.07. The largest absolute Gasteiger partial charge is 0.505 e. The normalized spacial score (nSPS) is 11.5. The molecule has 0 aliphatic rings. The number of fused-ring (bicyclic) bond motifs is 1. The van der Waals surface area contributed by atoms with Crippen molar-refractivity contribution in [3.05, 3.63) is 59.8 Å². The highest BCUT2D eigenvalue weighted by Gasteiger charge is 2.30. The molecule has 0 bridgehead atoms. The van der Waals surface area contributed by atoms with Crippen molar-refractivity contribution < 1.29 is 23.1 Å². The highest BCUT2D eigenvalue weighted by atomic mass is 19.4. The summed E-state index contributed by atoms with van der Waals surface area (Å²) >= 11 is 0. The Morgan fingerprint density at radius 3 is 2.54 bits per heavy atom. The molecule has 0 unspecified atom stereocenters. The van der Waals surface area contributed by atoms with E-state index in [0.29, 0.717) is 10.9 Å².